The lowest BCUT2D eigenvalue weighted by Gasteiger charge is -2.17. The average molecular weight is 451 g/mol. The highest BCUT2D eigenvalue weighted by molar-refractivity contribution is 7.25. The summed E-state index contributed by atoms with van der Waals surface area (Å²) < 4.78 is 14.7. The molecule has 0 bridgehead atoms. The second-order valence-electron chi connectivity index (χ2n) is 8.77. The van der Waals surface area contributed by atoms with Crippen LogP contribution in [0.25, 0.3) is 20.2 Å². The van der Waals surface area contributed by atoms with Crippen LogP contribution in [0.3, 0.4) is 0 Å². The van der Waals surface area contributed by atoms with Crippen molar-refractivity contribution in [3.05, 3.63) is 36.4 Å². The third kappa shape index (κ3) is 6.74. The summed E-state index contributed by atoms with van der Waals surface area (Å²) >= 11 is 1.82. The first-order valence-corrected chi connectivity index (χ1v) is 11.1. The third-order valence-corrected chi connectivity index (χ3v) is 5.99. The van der Waals surface area contributed by atoms with Gasteiger partial charge in [0.05, 0.1) is 13.2 Å². The molecule has 4 nitrogen and oxygen atoms in total. The van der Waals surface area contributed by atoms with E-state index in [0.29, 0.717) is 11.8 Å². The second-order valence-corrected chi connectivity index (χ2v) is 9.86. The zero-order valence-electron chi connectivity index (χ0n) is 19.0. The minimum Gasteiger partial charge on any atom is -0.493 e. The predicted octanol–water partition coefficient (Wildman–Crippen LogP) is 5.63. The van der Waals surface area contributed by atoms with Gasteiger partial charge in [-0.3, -0.25) is 0 Å². The van der Waals surface area contributed by atoms with Crippen molar-refractivity contribution in [3.8, 4) is 11.5 Å². The van der Waals surface area contributed by atoms with Gasteiger partial charge >= 0.3 is 0 Å². The van der Waals surface area contributed by atoms with Gasteiger partial charge in [0.25, 0.3) is 0 Å². The Morgan fingerprint density at radius 1 is 0.733 bits per heavy atom. The topological polar surface area (TPSA) is 24.9 Å². The number of thiophene rings is 1. The second kappa shape index (κ2) is 11.2. The Morgan fingerprint density at radius 2 is 1.13 bits per heavy atom. The lowest BCUT2D eigenvalue weighted by atomic mass is 10.1. The van der Waals surface area contributed by atoms with E-state index in [1.54, 1.807) is 0 Å². The highest BCUT2D eigenvalue weighted by atomic mass is 35.5. The third-order valence-electron chi connectivity index (χ3n) is 4.83. The molecule has 6 heteroatoms. The lowest BCUT2D eigenvalue weighted by Crippen LogP contribution is -2.24. The predicted molar refractivity (Wildman–Crippen MR) is 133 cm³/mol. The maximum absolute atomic E-state index is 6.08. The van der Waals surface area contributed by atoms with Crippen LogP contribution in [0.4, 0.5) is 0 Å². The van der Waals surface area contributed by atoms with Crippen LogP contribution in [0.1, 0.15) is 13.8 Å². The number of hydrogen-bond acceptors (Lipinski definition) is 5. The Morgan fingerprint density at radius 3 is 1.50 bits per heavy atom. The van der Waals surface area contributed by atoms with Crippen LogP contribution in [0.15, 0.2) is 36.4 Å². The van der Waals surface area contributed by atoms with E-state index in [0.717, 1.165) is 37.8 Å². The molecule has 0 radical (unpaired) electrons. The molecular formula is C24H35ClN2O2S. The van der Waals surface area contributed by atoms with E-state index in [-0.39, 0.29) is 12.4 Å². The van der Waals surface area contributed by atoms with Crippen molar-refractivity contribution in [1.82, 2.24) is 9.80 Å². The fourth-order valence-electron chi connectivity index (χ4n) is 3.74. The number of halogens is 1. The maximum atomic E-state index is 6.08. The van der Waals surface area contributed by atoms with Gasteiger partial charge in [0.1, 0.15) is 11.5 Å². The summed E-state index contributed by atoms with van der Waals surface area (Å²) in [6.07, 6.45) is 0. The quantitative estimate of drug-likeness (QED) is 0.399. The van der Waals surface area contributed by atoms with Crippen molar-refractivity contribution in [2.24, 2.45) is 11.8 Å². The molecule has 0 saturated carbocycles. The Hall–Kier alpha value is -1.53. The summed E-state index contributed by atoms with van der Waals surface area (Å²) in [5.41, 5.74) is 0. The Bertz CT molecular complexity index is 867. The molecule has 2 unspecified atom stereocenters. The molecule has 2 aromatic carbocycles. The Balaban J connectivity index is 0.00000320. The molecule has 3 rings (SSSR count). The largest absolute Gasteiger partial charge is 0.493 e. The van der Waals surface area contributed by atoms with E-state index < -0.39 is 0 Å². The van der Waals surface area contributed by atoms with E-state index >= 15 is 0 Å². The molecule has 0 fully saturated rings. The fourth-order valence-corrected chi connectivity index (χ4v) is 4.81. The highest BCUT2D eigenvalue weighted by Gasteiger charge is 2.11. The van der Waals surface area contributed by atoms with Crippen LogP contribution < -0.4 is 9.47 Å². The number of ether oxygens (including phenoxy) is 2. The van der Waals surface area contributed by atoms with Crippen LogP contribution in [-0.4, -0.2) is 64.3 Å². The summed E-state index contributed by atoms with van der Waals surface area (Å²) in [4.78, 5) is 4.40. The van der Waals surface area contributed by atoms with Crippen LogP contribution in [0.2, 0.25) is 0 Å². The molecule has 2 atom stereocenters. The van der Waals surface area contributed by atoms with E-state index in [1.807, 2.05) is 11.3 Å². The molecule has 0 aliphatic rings. The molecule has 166 valence electrons. The molecule has 0 amide bonds. The molecule has 0 aliphatic carbocycles. The van der Waals surface area contributed by atoms with Crippen LogP contribution in [0.5, 0.6) is 11.5 Å². The molecule has 0 saturated heterocycles. The number of fused-ring (bicyclic) bond motifs is 3. The summed E-state index contributed by atoms with van der Waals surface area (Å²) in [6.45, 7) is 7.94. The van der Waals surface area contributed by atoms with Crippen molar-refractivity contribution in [3.63, 3.8) is 0 Å². The fraction of sp³-hybridized carbons (Fsp3) is 0.500. The average Bonchev–Trinajstić information content (AvgIpc) is 3.01. The van der Waals surface area contributed by atoms with Crippen LogP contribution >= 0.6 is 23.7 Å². The van der Waals surface area contributed by atoms with E-state index in [1.165, 1.54) is 20.2 Å². The number of nitrogens with zero attached hydrogens (tertiary/aromatic N) is 2. The van der Waals surface area contributed by atoms with Crippen molar-refractivity contribution in [2.45, 2.75) is 13.8 Å². The van der Waals surface area contributed by atoms with Gasteiger partial charge in [-0.25, -0.2) is 0 Å². The molecule has 30 heavy (non-hydrogen) atoms. The molecule has 1 aromatic heterocycles. The number of hydrogen-bond donors (Lipinski definition) is 0. The zero-order chi connectivity index (χ0) is 21.0. The highest BCUT2D eigenvalue weighted by Crippen LogP contribution is 2.37. The minimum absolute atomic E-state index is 0. The van der Waals surface area contributed by atoms with Gasteiger partial charge in [-0.05, 0) is 64.6 Å². The van der Waals surface area contributed by atoms with Crippen molar-refractivity contribution in [2.75, 3.05) is 54.5 Å². The number of benzene rings is 2. The van der Waals surface area contributed by atoms with Gasteiger partial charge in [-0.2, -0.15) is 0 Å². The number of rotatable bonds is 10. The van der Waals surface area contributed by atoms with Crippen LogP contribution in [0, 0.1) is 11.8 Å². The molecule has 0 spiro atoms. The van der Waals surface area contributed by atoms with E-state index in [2.05, 4.69) is 88.2 Å². The Kier molecular flexibility index (Phi) is 9.23. The van der Waals surface area contributed by atoms with Crippen molar-refractivity contribution < 1.29 is 9.47 Å². The molecular weight excluding hydrogens is 416 g/mol. The lowest BCUT2D eigenvalue weighted by molar-refractivity contribution is 0.222. The van der Waals surface area contributed by atoms with Crippen LogP contribution in [-0.2, 0) is 0 Å². The van der Waals surface area contributed by atoms with E-state index in [9.17, 15) is 0 Å². The van der Waals surface area contributed by atoms with Gasteiger partial charge in [-0.15, -0.1) is 23.7 Å². The summed E-state index contributed by atoms with van der Waals surface area (Å²) in [6, 6.07) is 12.9. The normalized spacial score (nSPS) is 13.6. The first kappa shape index (κ1) is 24.7. The zero-order valence-corrected chi connectivity index (χ0v) is 20.6. The van der Waals surface area contributed by atoms with Gasteiger partial charge in [0.15, 0.2) is 0 Å². The molecule has 3 aromatic rings. The van der Waals surface area contributed by atoms with Crippen molar-refractivity contribution in [1.29, 1.82) is 0 Å². The van der Waals surface area contributed by atoms with Gasteiger partial charge < -0.3 is 19.3 Å². The Labute approximate surface area is 191 Å². The van der Waals surface area contributed by atoms with Crippen molar-refractivity contribution >= 4 is 43.9 Å². The summed E-state index contributed by atoms with van der Waals surface area (Å²) in [5.74, 6) is 2.86. The monoisotopic (exact) mass is 450 g/mol. The molecule has 0 aliphatic heterocycles. The first-order chi connectivity index (χ1) is 13.8. The first-order valence-electron chi connectivity index (χ1n) is 10.3. The smallest absolute Gasteiger partial charge is 0.120 e. The van der Waals surface area contributed by atoms with Gasteiger partial charge in [-0.1, -0.05) is 13.8 Å². The van der Waals surface area contributed by atoms with Gasteiger partial charge in [0, 0.05) is 45.1 Å². The summed E-state index contributed by atoms with van der Waals surface area (Å²) in [7, 11) is 8.39. The standard InChI is InChI=1S/C24H34N2O2S.ClH/c1-17(13-25(3)4)15-27-19-7-9-23-21(11-19)22-12-20(8-10-24(22)29-23)28-16-18(2)14-26(5)6;/h7-12,17-18H,13-16H2,1-6H3;1H. The van der Waals surface area contributed by atoms with E-state index in [4.69, 9.17) is 9.47 Å². The SMILES string of the molecule is CC(COc1ccc2sc3ccc(OCC(C)CN(C)C)cc3c2c1)CN(C)C.Cl. The maximum Gasteiger partial charge on any atom is 0.120 e. The van der Waals surface area contributed by atoms with Gasteiger partial charge in [0.2, 0.25) is 0 Å². The molecule has 1 heterocycles. The molecule has 0 N–H and O–H groups in total. The summed E-state index contributed by atoms with van der Waals surface area (Å²) in [5, 5.41) is 2.49. The minimum atomic E-state index is 0.